The molecule has 17 heavy (non-hydrogen) atoms. The molecule has 1 saturated heterocycles. The Morgan fingerprint density at radius 3 is 2.94 bits per heavy atom. The number of esters is 1. The zero-order chi connectivity index (χ0) is 12.3. The number of nitrogens with zero attached hydrogens (tertiary/aromatic N) is 3. The van der Waals surface area contributed by atoms with E-state index in [9.17, 15) is 9.59 Å². The second-order valence-corrected chi connectivity index (χ2v) is 3.89. The number of amides is 1. The van der Waals surface area contributed by atoms with Gasteiger partial charge in [0.25, 0.3) is 5.91 Å². The average Bonchev–Trinajstić information content (AvgIpc) is 2.87. The van der Waals surface area contributed by atoms with E-state index in [4.69, 9.17) is 0 Å². The average molecular weight is 235 g/mol. The minimum atomic E-state index is -0.256. The number of likely N-dealkylation sites (tertiary alicyclic amines) is 1. The minimum absolute atomic E-state index is 0.119. The van der Waals surface area contributed by atoms with Crippen molar-refractivity contribution >= 4 is 11.9 Å². The lowest BCUT2D eigenvalue weighted by molar-refractivity contribution is -0.144. The van der Waals surface area contributed by atoms with E-state index >= 15 is 0 Å². The van der Waals surface area contributed by atoms with Crippen LogP contribution in [0.3, 0.4) is 0 Å². The Kier molecular flexibility index (Phi) is 3.32. The maximum absolute atomic E-state index is 12.0. The predicted molar refractivity (Wildman–Crippen MR) is 58.1 cm³/mol. The molecule has 1 aromatic heterocycles. The van der Waals surface area contributed by atoms with Gasteiger partial charge in [-0.3, -0.25) is 9.59 Å². The SMILES string of the molecule is COC(=O)C1CCN(C(=O)c2ccnnc2)C1. The standard InChI is InChI=1S/C11H13N3O3/c1-17-11(16)9-3-5-14(7-9)10(15)8-2-4-12-13-6-8/h2,4,6,9H,3,5,7H2,1H3. The van der Waals surface area contributed by atoms with Crippen molar-refractivity contribution in [2.45, 2.75) is 6.42 Å². The molecule has 1 atom stereocenters. The molecule has 0 radical (unpaired) electrons. The van der Waals surface area contributed by atoms with Gasteiger partial charge in [-0.1, -0.05) is 0 Å². The quantitative estimate of drug-likeness (QED) is 0.680. The highest BCUT2D eigenvalue weighted by atomic mass is 16.5. The molecule has 0 aliphatic carbocycles. The normalized spacial score (nSPS) is 19.1. The van der Waals surface area contributed by atoms with Crippen molar-refractivity contribution in [3.8, 4) is 0 Å². The summed E-state index contributed by atoms with van der Waals surface area (Å²) >= 11 is 0. The lowest BCUT2D eigenvalue weighted by Gasteiger charge is -2.15. The van der Waals surface area contributed by atoms with Crippen molar-refractivity contribution in [1.82, 2.24) is 15.1 Å². The van der Waals surface area contributed by atoms with Gasteiger partial charge in [-0.05, 0) is 12.5 Å². The van der Waals surface area contributed by atoms with E-state index in [0.29, 0.717) is 25.1 Å². The third-order valence-electron chi connectivity index (χ3n) is 2.84. The number of rotatable bonds is 2. The molecule has 0 aromatic carbocycles. The van der Waals surface area contributed by atoms with Crippen molar-refractivity contribution in [3.05, 3.63) is 24.0 Å². The van der Waals surface area contributed by atoms with Crippen LogP contribution in [0, 0.1) is 5.92 Å². The van der Waals surface area contributed by atoms with Gasteiger partial charge in [-0.15, -0.1) is 0 Å². The van der Waals surface area contributed by atoms with Gasteiger partial charge in [0.15, 0.2) is 0 Å². The number of aromatic nitrogens is 2. The van der Waals surface area contributed by atoms with Gasteiger partial charge in [-0.25, -0.2) is 0 Å². The molecule has 1 amide bonds. The third kappa shape index (κ3) is 2.41. The molecule has 2 rings (SSSR count). The maximum Gasteiger partial charge on any atom is 0.310 e. The van der Waals surface area contributed by atoms with E-state index in [2.05, 4.69) is 14.9 Å². The number of hydrogen-bond acceptors (Lipinski definition) is 5. The van der Waals surface area contributed by atoms with Crippen molar-refractivity contribution in [3.63, 3.8) is 0 Å². The second-order valence-electron chi connectivity index (χ2n) is 3.89. The van der Waals surface area contributed by atoms with Crippen molar-refractivity contribution < 1.29 is 14.3 Å². The summed E-state index contributed by atoms with van der Waals surface area (Å²) in [5, 5.41) is 7.27. The molecule has 2 heterocycles. The molecule has 90 valence electrons. The summed E-state index contributed by atoms with van der Waals surface area (Å²) < 4.78 is 4.67. The molecule has 1 unspecified atom stereocenters. The Morgan fingerprint density at radius 1 is 1.47 bits per heavy atom. The van der Waals surface area contributed by atoms with E-state index in [-0.39, 0.29) is 17.8 Å². The van der Waals surface area contributed by atoms with Gasteiger partial charge in [0.1, 0.15) is 0 Å². The van der Waals surface area contributed by atoms with Crippen molar-refractivity contribution in [2.24, 2.45) is 5.92 Å². The van der Waals surface area contributed by atoms with E-state index in [1.165, 1.54) is 19.5 Å². The summed E-state index contributed by atoms with van der Waals surface area (Å²) in [5.41, 5.74) is 0.491. The highest BCUT2D eigenvalue weighted by Gasteiger charge is 2.32. The lowest BCUT2D eigenvalue weighted by atomic mass is 10.1. The molecular formula is C11H13N3O3. The molecule has 6 heteroatoms. The molecule has 1 fully saturated rings. The first-order valence-corrected chi connectivity index (χ1v) is 5.36. The van der Waals surface area contributed by atoms with Crippen LogP contribution in [-0.4, -0.2) is 47.2 Å². The Labute approximate surface area is 98.6 Å². The van der Waals surface area contributed by atoms with Gasteiger partial charge in [-0.2, -0.15) is 10.2 Å². The fraction of sp³-hybridized carbons (Fsp3) is 0.455. The van der Waals surface area contributed by atoms with E-state index in [0.717, 1.165) is 0 Å². The maximum atomic E-state index is 12.0. The van der Waals surface area contributed by atoms with E-state index in [1.54, 1.807) is 11.0 Å². The summed E-state index contributed by atoms with van der Waals surface area (Å²) in [5.74, 6) is -0.585. The van der Waals surface area contributed by atoms with Crippen LogP contribution in [0.2, 0.25) is 0 Å². The summed E-state index contributed by atoms with van der Waals surface area (Å²) in [7, 11) is 1.36. The highest BCUT2D eigenvalue weighted by Crippen LogP contribution is 2.19. The Balaban J connectivity index is 2.02. The zero-order valence-electron chi connectivity index (χ0n) is 9.50. The predicted octanol–water partition coefficient (Wildman–Crippen LogP) is 0.112. The molecule has 0 saturated carbocycles. The molecular weight excluding hydrogens is 222 g/mol. The van der Waals surface area contributed by atoms with Crippen LogP contribution in [0.5, 0.6) is 0 Å². The van der Waals surface area contributed by atoms with Gasteiger partial charge in [0, 0.05) is 13.1 Å². The largest absolute Gasteiger partial charge is 0.469 e. The van der Waals surface area contributed by atoms with Crippen LogP contribution in [0.4, 0.5) is 0 Å². The first kappa shape index (κ1) is 11.5. The monoisotopic (exact) mass is 235 g/mol. The fourth-order valence-electron chi connectivity index (χ4n) is 1.90. The Hall–Kier alpha value is -1.98. The van der Waals surface area contributed by atoms with Crippen LogP contribution in [0.15, 0.2) is 18.5 Å². The number of methoxy groups -OCH3 is 1. The highest BCUT2D eigenvalue weighted by molar-refractivity contribution is 5.94. The summed E-state index contributed by atoms with van der Waals surface area (Å²) in [4.78, 5) is 25.0. The topological polar surface area (TPSA) is 72.4 Å². The zero-order valence-corrected chi connectivity index (χ0v) is 9.50. The van der Waals surface area contributed by atoms with Gasteiger partial charge >= 0.3 is 5.97 Å². The third-order valence-corrected chi connectivity index (χ3v) is 2.84. The molecule has 0 spiro atoms. The molecule has 0 bridgehead atoms. The van der Waals surface area contributed by atoms with E-state index in [1.807, 2.05) is 0 Å². The second kappa shape index (κ2) is 4.90. The number of hydrogen-bond donors (Lipinski definition) is 0. The number of carbonyl (C=O) groups excluding carboxylic acids is 2. The van der Waals surface area contributed by atoms with Gasteiger partial charge < -0.3 is 9.64 Å². The number of carbonyl (C=O) groups is 2. The Bertz CT molecular complexity index is 421. The molecule has 6 nitrogen and oxygen atoms in total. The smallest absolute Gasteiger partial charge is 0.310 e. The summed E-state index contributed by atoms with van der Waals surface area (Å²) in [6, 6.07) is 1.61. The Morgan fingerprint density at radius 2 is 2.29 bits per heavy atom. The summed E-state index contributed by atoms with van der Waals surface area (Å²) in [6.45, 7) is 0.981. The van der Waals surface area contributed by atoms with Crippen LogP contribution < -0.4 is 0 Å². The van der Waals surface area contributed by atoms with E-state index < -0.39 is 0 Å². The first-order valence-electron chi connectivity index (χ1n) is 5.36. The molecule has 1 aliphatic heterocycles. The number of ether oxygens (including phenoxy) is 1. The summed E-state index contributed by atoms with van der Waals surface area (Å²) in [6.07, 6.45) is 3.55. The van der Waals surface area contributed by atoms with Crippen molar-refractivity contribution in [1.29, 1.82) is 0 Å². The van der Waals surface area contributed by atoms with Gasteiger partial charge in [0.05, 0.1) is 31.0 Å². The molecule has 1 aliphatic rings. The van der Waals surface area contributed by atoms with Crippen LogP contribution >= 0.6 is 0 Å². The first-order chi connectivity index (χ1) is 8.22. The van der Waals surface area contributed by atoms with Gasteiger partial charge in [0.2, 0.25) is 0 Å². The molecule has 1 aromatic rings. The van der Waals surface area contributed by atoms with Crippen LogP contribution in [0.1, 0.15) is 16.8 Å². The molecule has 0 N–H and O–H groups in total. The van der Waals surface area contributed by atoms with Crippen LogP contribution in [-0.2, 0) is 9.53 Å². The lowest BCUT2D eigenvalue weighted by Crippen LogP contribution is -2.30. The van der Waals surface area contributed by atoms with Crippen LogP contribution in [0.25, 0.3) is 0 Å². The van der Waals surface area contributed by atoms with Crippen molar-refractivity contribution in [2.75, 3.05) is 20.2 Å². The minimum Gasteiger partial charge on any atom is -0.469 e. The fourth-order valence-corrected chi connectivity index (χ4v) is 1.90.